The van der Waals surface area contributed by atoms with Gasteiger partial charge in [-0.05, 0) is 38.0 Å². The zero-order valence-corrected chi connectivity index (χ0v) is 13.8. The molecule has 0 spiro atoms. The number of methoxy groups -OCH3 is 1. The van der Waals surface area contributed by atoms with E-state index in [0.29, 0.717) is 17.4 Å². The first-order valence-electron chi connectivity index (χ1n) is 8.45. The largest absolute Gasteiger partial charge is 0.465 e. The second-order valence-electron chi connectivity index (χ2n) is 6.82. The van der Waals surface area contributed by atoms with Gasteiger partial charge in [0.15, 0.2) is 0 Å². The molecule has 1 N–H and O–H groups in total. The average Bonchev–Trinajstić information content (AvgIpc) is 3.06. The summed E-state index contributed by atoms with van der Waals surface area (Å²) in [6.45, 7) is 3.17. The third-order valence-corrected chi connectivity index (χ3v) is 5.23. The summed E-state index contributed by atoms with van der Waals surface area (Å²) in [6, 6.07) is 0.289. The summed E-state index contributed by atoms with van der Waals surface area (Å²) < 4.78 is 4.68. The van der Waals surface area contributed by atoms with Crippen LogP contribution in [0, 0.1) is 11.8 Å². The first-order valence-corrected chi connectivity index (χ1v) is 8.45. The van der Waals surface area contributed by atoms with Crippen LogP contribution in [0.3, 0.4) is 0 Å². The Morgan fingerprint density at radius 2 is 2.04 bits per heavy atom. The minimum Gasteiger partial charge on any atom is -0.465 e. The molecule has 6 nitrogen and oxygen atoms in total. The molecule has 0 radical (unpaired) electrons. The Hall–Kier alpha value is -1.69. The molecular formula is C17H25N3O3. The predicted octanol–water partition coefficient (Wildman–Crippen LogP) is 2.03. The van der Waals surface area contributed by atoms with Crippen molar-refractivity contribution < 1.29 is 14.6 Å². The molecule has 1 saturated carbocycles. The lowest BCUT2D eigenvalue weighted by Gasteiger charge is -2.39. The van der Waals surface area contributed by atoms with Gasteiger partial charge < -0.3 is 14.7 Å². The van der Waals surface area contributed by atoms with Crippen molar-refractivity contribution in [3.63, 3.8) is 0 Å². The van der Waals surface area contributed by atoms with Crippen LogP contribution in [0.1, 0.15) is 49.4 Å². The summed E-state index contributed by atoms with van der Waals surface area (Å²) in [5.41, 5.74) is 0.360. The van der Waals surface area contributed by atoms with Gasteiger partial charge in [-0.3, -0.25) is 0 Å². The van der Waals surface area contributed by atoms with Gasteiger partial charge in [0, 0.05) is 30.9 Å². The molecule has 2 aliphatic rings. The average molecular weight is 319 g/mol. The van der Waals surface area contributed by atoms with E-state index in [-0.39, 0.29) is 18.1 Å². The number of ether oxygens (including phenoxy) is 1. The molecule has 2 heterocycles. The van der Waals surface area contributed by atoms with E-state index in [4.69, 9.17) is 0 Å². The number of anilines is 1. The van der Waals surface area contributed by atoms with Gasteiger partial charge in [0.1, 0.15) is 0 Å². The number of carbonyl (C=O) groups excluding carboxylic acids is 1. The van der Waals surface area contributed by atoms with Gasteiger partial charge in [0.05, 0.1) is 18.8 Å². The molecule has 2 fully saturated rings. The fourth-order valence-electron chi connectivity index (χ4n) is 4.00. The number of hydrogen-bond acceptors (Lipinski definition) is 6. The zero-order valence-electron chi connectivity index (χ0n) is 13.8. The van der Waals surface area contributed by atoms with Crippen molar-refractivity contribution in [2.75, 3.05) is 18.6 Å². The Bertz CT molecular complexity index is 549. The second kappa shape index (κ2) is 6.83. The van der Waals surface area contributed by atoms with Crippen LogP contribution >= 0.6 is 0 Å². The fraction of sp³-hybridized carbons (Fsp3) is 0.706. The van der Waals surface area contributed by atoms with Crippen LogP contribution in [-0.4, -0.2) is 46.8 Å². The van der Waals surface area contributed by atoms with Gasteiger partial charge in [0.25, 0.3) is 0 Å². The van der Waals surface area contributed by atoms with Crippen LogP contribution in [0.4, 0.5) is 5.95 Å². The maximum atomic E-state index is 11.5. The highest BCUT2D eigenvalue weighted by Crippen LogP contribution is 2.38. The van der Waals surface area contributed by atoms with Crippen LogP contribution in [0.25, 0.3) is 0 Å². The first kappa shape index (κ1) is 16.2. The molecule has 23 heavy (non-hydrogen) atoms. The molecule has 1 aliphatic heterocycles. The van der Waals surface area contributed by atoms with Crippen molar-refractivity contribution in [1.82, 2.24) is 9.97 Å². The summed E-state index contributed by atoms with van der Waals surface area (Å²) in [6.07, 6.45) is 8.01. The summed E-state index contributed by atoms with van der Waals surface area (Å²) in [7, 11) is 1.35. The fourth-order valence-corrected chi connectivity index (χ4v) is 4.00. The van der Waals surface area contributed by atoms with Crippen molar-refractivity contribution in [2.24, 2.45) is 11.8 Å². The Balaban J connectivity index is 1.77. The van der Waals surface area contributed by atoms with E-state index in [2.05, 4.69) is 26.5 Å². The van der Waals surface area contributed by atoms with Gasteiger partial charge in [0.2, 0.25) is 5.95 Å². The Kier molecular flexibility index (Phi) is 4.80. The maximum absolute atomic E-state index is 11.5. The number of hydrogen-bond donors (Lipinski definition) is 1. The van der Waals surface area contributed by atoms with E-state index < -0.39 is 5.97 Å². The SMILES string of the molecule is COC(=O)c1cnc(N2CCCC2C2CC(C)CCC2O)nc1. The predicted molar refractivity (Wildman–Crippen MR) is 86.3 cm³/mol. The number of esters is 1. The molecule has 0 bridgehead atoms. The molecule has 0 amide bonds. The van der Waals surface area contributed by atoms with Crippen molar-refractivity contribution in [3.8, 4) is 0 Å². The monoisotopic (exact) mass is 319 g/mol. The van der Waals surface area contributed by atoms with Crippen LogP contribution in [0.2, 0.25) is 0 Å². The number of carbonyl (C=O) groups is 1. The summed E-state index contributed by atoms with van der Waals surface area (Å²) in [4.78, 5) is 22.4. The highest BCUT2D eigenvalue weighted by Gasteiger charge is 2.39. The highest BCUT2D eigenvalue weighted by atomic mass is 16.5. The Morgan fingerprint density at radius 3 is 2.74 bits per heavy atom. The highest BCUT2D eigenvalue weighted by molar-refractivity contribution is 5.88. The lowest BCUT2D eigenvalue weighted by molar-refractivity contribution is 0.0389. The van der Waals surface area contributed by atoms with Crippen LogP contribution in [0.15, 0.2) is 12.4 Å². The minimum absolute atomic E-state index is 0.230. The van der Waals surface area contributed by atoms with Crippen molar-refractivity contribution in [1.29, 1.82) is 0 Å². The molecule has 1 aromatic heterocycles. The quantitative estimate of drug-likeness (QED) is 0.859. The number of nitrogens with zero attached hydrogens (tertiary/aromatic N) is 3. The van der Waals surface area contributed by atoms with Gasteiger partial charge in [-0.25, -0.2) is 14.8 Å². The molecule has 0 aromatic carbocycles. The minimum atomic E-state index is -0.425. The van der Waals surface area contributed by atoms with Crippen LogP contribution in [-0.2, 0) is 4.74 Å². The molecule has 4 atom stereocenters. The summed E-state index contributed by atoms with van der Waals surface area (Å²) in [5, 5.41) is 10.4. The second-order valence-corrected chi connectivity index (χ2v) is 6.82. The molecule has 4 unspecified atom stereocenters. The Morgan fingerprint density at radius 1 is 1.30 bits per heavy atom. The van der Waals surface area contributed by atoms with E-state index in [1.807, 2.05) is 0 Å². The number of aliphatic hydroxyl groups is 1. The number of rotatable bonds is 3. The van der Waals surface area contributed by atoms with E-state index in [0.717, 1.165) is 38.6 Å². The van der Waals surface area contributed by atoms with Crippen molar-refractivity contribution >= 4 is 11.9 Å². The standard InChI is InChI=1S/C17H25N3O3/c1-11-5-6-15(21)13(8-11)14-4-3-7-20(14)17-18-9-12(10-19-17)16(22)23-2/h9-11,13-15,21H,3-8H2,1-2H3. The normalized spacial score (nSPS) is 31.2. The van der Waals surface area contributed by atoms with Gasteiger partial charge in [-0.1, -0.05) is 6.92 Å². The summed E-state index contributed by atoms with van der Waals surface area (Å²) in [5.74, 6) is 1.16. The zero-order chi connectivity index (χ0) is 16.4. The number of aromatic nitrogens is 2. The van der Waals surface area contributed by atoms with E-state index in [1.54, 1.807) is 0 Å². The maximum Gasteiger partial charge on any atom is 0.341 e. The van der Waals surface area contributed by atoms with Crippen molar-refractivity contribution in [3.05, 3.63) is 18.0 Å². The topological polar surface area (TPSA) is 75.5 Å². The molecule has 1 aromatic rings. The molecule has 6 heteroatoms. The van der Waals surface area contributed by atoms with E-state index >= 15 is 0 Å². The number of aliphatic hydroxyl groups excluding tert-OH is 1. The lowest BCUT2D eigenvalue weighted by atomic mass is 9.76. The van der Waals surface area contributed by atoms with Crippen LogP contribution in [0.5, 0.6) is 0 Å². The molecular weight excluding hydrogens is 294 g/mol. The molecule has 3 rings (SSSR count). The third kappa shape index (κ3) is 3.32. The van der Waals surface area contributed by atoms with Crippen molar-refractivity contribution in [2.45, 2.75) is 51.2 Å². The molecule has 1 aliphatic carbocycles. The molecule has 126 valence electrons. The van der Waals surface area contributed by atoms with Gasteiger partial charge >= 0.3 is 5.97 Å². The smallest absolute Gasteiger partial charge is 0.341 e. The van der Waals surface area contributed by atoms with E-state index in [1.165, 1.54) is 19.5 Å². The lowest BCUT2D eigenvalue weighted by Crippen LogP contribution is -2.44. The van der Waals surface area contributed by atoms with E-state index in [9.17, 15) is 9.90 Å². The third-order valence-electron chi connectivity index (χ3n) is 5.23. The summed E-state index contributed by atoms with van der Waals surface area (Å²) >= 11 is 0. The van der Waals surface area contributed by atoms with Crippen LogP contribution < -0.4 is 4.90 Å². The molecule has 1 saturated heterocycles. The van der Waals surface area contributed by atoms with Gasteiger partial charge in [-0.15, -0.1) is 0 Å². The van der Waals surface area contributed by atoms with Gasteiger partial charge in [-0.2, -0.15) is 0 Å². The Labute approximate surface area is 136 Å². The first-order chi connectivity index (χ1) is 11.1.